The van der Waals surface area contributed by atoms with E-state index in [9.17, 15) is 0 Å². The van der Waals surface area contributed by atoms with Crippen molar-refractivity contribution in [3.63, 3.8) is 0 Å². The largest absolute Gasteiger partial charge is 0.492 e. The minimum absolute atomic E-state index is 0. The van der Waals surface area contributed by atoms with Crippen LogP contribution < -0.4 is 15.4 Å². The van der Waals surface area contributed by atoms with Gasteiger partial charge in [0.05, 0.1) is 17.2 Å². The van der Waals surface area contributed by atoms with Crippen LogP contribution in [0.5, 0.6) is 5.75 Å². The average Bonchev–Trinajstić information content (AvgIpc) is 2.88. The highest BCUT2D eigenvalue weighted by molar-refractivity contribution is 14.0. The van der Waals surface area contributed by atoms with Crippen molar-refractivity contribution in [2.24, 2.45) is 4.99 Å². The Balaban J connectivity index is 0.00000312. The molecule has 0 aliphatic rings. The van der Waals surface area contributed by atoms with E-state index in [0.717, 1.165) is 39.8 Å². The molecule has 0 bridgehead atoms. The summed E-state index contributed by atoms with van der Waals surface area (Å²) in [6.07, 6.45) is 0.897. The molecule has 1 heterocycles. The third kappa shape index (κ3) is 7.91. The van der Waals surface area contributed by atoms with E-state index in [1.165, 1.54) is 4.88 Å². The molecule has 1 aromatic carbocycles. The molecule has 0 saturated carbocycles. The first-order valence-corrected chi connectivity index (χ1v) is 9.45. The lowest BCUT2D eigenvalue weighted by atomic mass is 10.3. The number of hydrogen-bond donors (Lipinski definition) is 2. The maximum absolute atomic E-state index is 5.69. The summed E-state index contributed by atoms with van der Waals surface area (Å²) in [7, 11) is 1.77. The molecule has 0 saturated heterocycles. The Labute approximate surface area is 178 Å². The number of aromatic nitrogens is 1. The van der Waals surface area contributed by atoms with Crippen LogP contribution in [0.4, 0.5) is 0 Å². The topological polar surface area (TPSA) is 58.5 Å². The van der Waals surface area contributed by atoms with Crippen LogP contribution in [-0.2, 0) is 6.42 Å². The SMILES string of the molecule is CN=C(NCCOc1cccc(Br)c1)NCCc1nc(C)c(C)s1.I. The van der Waals surface area contributed by atoms with Crippen molar-refractivity contribution in [3.8, 4) is 5.75 Å². The van der Waals surface area contributed by atoms with Crippen molar-refractivity contribution in [3.05, 3.63) is 44.3 Å². The first-order valence-electron chi connectivity index (χ1n) is 7.84. The molecule has 0 amide bonds. The zero-order chi connectivity index (χ0) is 17.4. The summed E-state index contributed by atoms with van der Waals surface area (Å²) in [5.41, 5.74) is 1.13. The van der Waals surface area contributed by atoms with Crippen LogP contribution in [0.3, 0.4) is 0 Å². The van der Waals surface area contributed by atoms with E-state index in [-0.39, 0.29) is 24.0 Å². The van der Waals surface area contributed by atoms with E-state index in [1.54, 1.807) is 18.4 Å². The van der Waals surface area contributed by atoms with Gasteiger partial charge in [-0.15, -0.1) is 35.3 Å². The first kappa shape index (κ1) is 22.2. The maximum Gasteiger partial charge on any atom is 0.191 e. The summed E-state index contributed by atoms with van der Waals surface area (Å²) in [5, 5.41) is 7.70. The molecule has 0 aliphatic heterocycles. The van der Waals surface area contributed by atoms with Crippen LogP contribution in [0.15, 0.2) is 33.7 Å². The number of thiazole rings is 1. The predicted octanol–water partition coefficient (Wildman–Crippen LogP) is 3.93. The van der Waals surface area contributed by atoms with Gasteiger partial charge in [0.25, 0.3) is 0 Å². The molecule has 2 aromatic rings. The number of nitrogens with zero attached hydrogens (tertiary/aromatic N) is 2. The minimum atomic E-state index is 0. The van der Waals surface area contributed by atoms with Gasteiger partial charge in [0.2, 0.25) is 0 Å². The molecular formula is C17H24BrIN4OS. The minimum Gasteiger partial charge on any atom is -0.492 e. The lowest BCUT2D eigenvalue weighted by Crippen LogP contribution is -2.40. The fraction of sp³-hybridized carbons (Fsp3) is 0.412. The van der Waals surface area contributed by atoms with E-state index in [4.69, 9.17) is 4.74 Å². The number of benzene rings is 1. The predicted molar refractivity (Wildman–Crippen MR) is 120 cm³/mol. The van der Waals surface area contributed by atoms with Crippen LogP contribution in [0, 0.1) is 13.8 Å². The fourth-order valence-corrected chi connectivity index (χ4v) is 3.36. The zero-order valence-corrected chi connectivity index (χ0v) is 19.4. The third-order valence-corrected chi connectivity index (χ3v) is 5.01. The van der Waals surface area contributed by atoms with Crippen LogP contribution in [0.2, 0.25) is 0 Å². The number of aryl methyl sites for hydroxylation is 2. The molecule has 0 aliphatic carbocycles. The zero-order valence-electron chi connectivity index (χ0n) is 14.6. The molecule has 0 spiro atoms. The second kappa shape index (κ2) is 11.7. The molecule has 0 unspecified atom stereocenters. The summed E-state index contributed by atoms with van der Waals surface area (Å²) in [6, 6.07) is 7.82. The van der Waals surface area contributed by atoms with Crippen molar-refractivity contribution >= 4 is 57.2 Å². The third-order valence-electron chi connectivity index (χ3n) is 3.39. The Hall–Kier alpha value is -0.870. The molecule has 5 nitrogen and oxygen atoms in total. The molecule has 0 atom stereocenters. The standard InChI is InChI=1S/C17H23BrN4OS.HI/c1-12-13(2)24-16(22-12)7-8-20-17(19-3)21-9-10-23-15-6-4-5-14(18)11-15;/h4-6,11H,7-10H2,1-3H3,(H2,19,20,21);1H. The van der Waals surface area contributed by atoms with Crippen molar-refractivity contribution in [1.29, 1.82) is 0 Å². The molecular weight excluding hydrogens is 515 g/mol. The monoisotopic (exact) mass is 538 g/mol. The highest BCUT2D eigenvalue weighted by Gasteiger charge is 2.04. The van der Waals surface area contributed by atoms with Gasteiger partial charge in [-0.1, -0.05) is 22.0 Å². The molecule has 2 rings (SSSR count). The highest BCUT2D eigenvalue weighted by atomic mass is 127. The van der Waals surface area contributed by atoms with E-state index < -0.39 is 0 Å². The Morgan fingerprint density at radius 1 is 1.28 bits per heavy atom. The number of ether oxygens (including phenoxy) is 1. The number of aliphatic imine (C=N–C) groups is 1. The summed E-state index contributed by atoms with van der Waals surface area (Å²) in [4.78, 5) is 10.0. The molecule has 138 valence electrons. The number of rotatable bonds is 7. The van der Waals surface area contributed by atoms with Crippen molar-refractivity contribution in [2.45, 2.75) is 20.3 Å². The lowest BCUT2D eigenvalue weighted by Gasteiger charge is -2.12. The average molecular weight is 539 g/mol. The first-order chi connectivity index (χ1) is 11.6. The molecule has 1 aromatic heterocycles. The smallest absolute Gasteiger partial charge is 0.191 e. The van der Waals surface area contributed by atoms with Crippen LogP contribution in [0.25, 0.3) is 0 Å². The van der Waals surface area contributed by atoms with E-state index in [1.807, 2.05) is 24.3 Å². The van der Waals surface area contributed by atoms with Gasteiger partial charge in [-0.3, -0.25) is 4.99 Å². The van der Waals surface area contributed by atoms with Gasteiger partial charge in [0, 0.05) is 29.4 Å². The number of halogens is 2. The van der Waals surface area contributed by atoms with Gasteiger partial charge in [0.1, 0.15) is 12.4 Å². The fourth-order valence-electron chi connectivity index (χ4n) is 2.05. The summed E-state index contributed by atoms with van der Waals surface area (Å²) in [5.74, 6) is 1.63. The van der Waals surface area contributed by atoms with Crippen LogP contribution in [-0.4, -0.2) is 37.7 Å². The van der Waals surface area contributed by atoms with Crippen LogP contribution >= 0.6 is 51.2 Å². The Bertz CT molecular complexity index is 674. The second-order valence-corrected chi connectivity index (χ2v) is 7.43. The summed E-state index contributed by atoms with van der Waals surface area (Å²) in [6.45, 7) is 6.21. The van der Waals surface area contributed by atoms with Gasteiger partial charge in [-0.25, -0.2) is 4.98 Å². The summed E-state index contributed by atoms with van der Waals surface area (Å²) >= 11 is 5.19. The van der Waals surface area contributed by atoms with E-state index >= 15 is 0 Å². The number of guanidine groups is 1. The molecule has 8 heteroatoms. The van der Waals surface area contributed by atoms with Gasteiger partial charge in [0.15, 0.2) is 5.96 Å². The molecule has 0 fully saturated rings. The number of hydrogen-bond acceptors (Lipinski definition) is 4. The van der Waals surface area contributed by atoms with Crippen LogP contribution in [0.1, 0.15) is 15.6 Å². The van der Waals surface area contributed by atoms with Gasteiger partial charge < -0.3 is 15.4 Å². The van der Waals surface area contributed by atoms with E-state index in [0.29, 0.717) is 13.2 Å². The van der Waals surface area contributed by atoms with Crippen molar-refractivity contribution in [1.82, 2.24) is 15.6 Å². The van der Waals surface area contributed by atoms with E-state index in [2.05, 4.69) is 50.4 Å². The lowest BCUT2D eigenvalue weighted by molar-refractivity contribution is 0.321. The Morgan fingerprint density at radius 3 is 2.68 bits per heavy atom. The molecule has 2 N–H and O–H groups in total. The Morgan fingerprint density at radius 2 is 2.04 bits per heavy atom. The quantitative estimate of drug-likeness (QED) is 0.243. The highest BCUT2D eigenvalue weighted by Crippen LogP contribution is 2.17. The number of nitrogens with one attached hydrogen (secondary N) is 2. The molecule has 25 heavy (non-hydrogen) atoms. The van der Waals surface area contributed by atoms with Crippen molar-refractivity contribution < 1.29 is 4.74 Å². The van der Waals surface area contributed by atoms with Crippen molar-refractivity contribution in [2.75, 3.05) is 26.7 Å². The second-order valence-electron chi connectivity index (χ2n) is 5.23. The Kier molecular flexibility index (Phi) is 10.4. The van der Waals surface area contributed by atoms with Gasteiger partial charge >= 0.3 is 0 Å². The summed E-state index contributed by atoms with van der Waals surface area (Å²) < 4.78 is 6.70. The normalized spacial score (nSPS) is 11.0. The van der Waals surface area contributed by atoms with Gasteiger partial charge in [-0.05, 0) is 32.0 Å². The molecule has 0 radical (unpaired) electrons. The maximum atomic E-state index is 5.69. The van der Waals surface area contributed by atoms with Gasteiger partial charge in [-0.2, -0.15) is 0 Å².